The summed E-state index contributed by atoms with van der Waals surface area (Å²) >= 11 is 0. The maximum atomic E-state index is 11.8. The summed E-state index contributed by atoms with van der Waals surface area (Å²) in [6.07, 6.45) is 1.53. The van der Waals surface area contributed by atoms with Crippen LogP contribution in [0.5, 0.6) is 0 Å². The maximum absolute atomic E-state index is 11.8. The number of hydrogen-bond acceptors (Lipinski definition) is 3. The molecular weight excluding hydrogens is 236 g/mol. The van der Waals surface area contributed by atoms with E-state index in [-0.39, 0.29) is 6.54 Å². The lowest BCUT2D eigenvalue weighted by molar-refractivity contribution is 0.205. The van der Waals surface area contributed by atoms with Gasteiger partial charge >= 0.3 is 12.1 Å². The van der Waals surface area contributed by atoms with Crippen molar-refractivity contribution in [2.24, 2.45) is 5.73 Å². The molecule has 0 spiro atoms. The number of carbonyl (C=O) groups is 2. The molecule has 0 bridgehead atoms. The minimum Gasteiger partial charge on any atom is -0.350 e. The first-order valence-electron chi connectivity index (χ1n) is 5.09. The summed E-state index contributed by atoms with van der Waals surface area (Å²) in [6.45, 7) is -0.269. The molecule has 0 atom stereocenters. The largest absolute Gasteiger partial charge is 0.350 e. The molecule has 1 rings (SSSR count). The van der Waals surface area contributed by atoms with E-state index in [0.717, 1.165) is 10.0 Å². The number of hydrazine groups is 1. The zero-order valence-electron chi connectivity index (χ0n) is 9.79. The van der Waals surface area contributed by atoms with Crippen molar-refractivity contribution >= 4 is 24.0 Å². The minimum absolute atomic E-state index is 0.269. The van der Waals surface area contributed by atoms with Gasteiger partial charge in [0.1, 0.15) is 0 Å². The number of carbonyl (C=O) groups excluding carboxylic acids is 3. The van der Waals surface area contributed by atoms with Crippen molar-refractivity contribution in [2.45, 2.75) is 0 Å². The number of benzene rings is 1. The molecule has 3 N–H and O–H groups in total. The molecule has 0 unspecified atom stereocenters. The van der Waals surface area contributed by atoms with Gasteiger partial charge < -0.3 is 11.1 Å². The molecule has 0 heterocycles. The molecule has 1 radical (unpaired) electrons. The van der Waals surface area contributed by atoms with Gasteiger partial charge in [0.15, 0.2) is 0 Å². The Hall–Kier alpha value is -2.57. The highest BCUT2D eigenvalue weighted by molar-refractivity contribution is 5.95. The Morgan fingerprint density at radius 1 is 1.33 bits per heavy atom. The smallest absolute Gasteiger partial charge is 0.341 e. The fraction of sp³-hybridized carbons (Fsp3) is 0.182. The summed E-state index contributed by atoms with van der Waals surface area (Å²) in [4.78, 5) is 33.1. The van der Waals surface area contributed by atoms with Crippen LogP contribution in [-0.2, 0) is 4.79 Å². The number of nitrogens with zero attached hydrogens (tertiary/aromatic N) is 2. The van der Waals surface area contributed by atoms with Crippen LogP contribution in [0.4, 0.5) is 15.3 Å². The average molecular weight is 249 g/mol. The number of rotatable bonds is 3. The van der Waals surface area contributed by atoms with Crippen molar-refractivity contribution in [1.29, 1.82) is 0 Å². The Morgan fingerprint density at radius 3 is 2.44 bits per heavy atom. The SMILES string of the molecule is CN(C(N)=O)N(C(=O)NC[C]=O)c1ccccc1. The number of anilines is 1. The first kappa shape index (κ1) is 13.5. The normalized spacial score (nSPS) is 9.39. The van der Waals surface area contributed by atoms with Crippen LogP contribution in [0.15, 0.2) is 30.3 Å². The summed E-state index contributed by atoms with van der Waals surface area (Å²) in [5.74, 6) is 0. The number of amides is 4. The summed E-state index contributed by atoms with van der Waals surface area (Å²) in [5, 5.41) is 4.25. The van der Waals surface area contributed by atoms with Gasteiger partial charge in [-0.25, -0.2) is 14.6 Å². The lowest BCUT2D eigenvalue weighted by Gasteiger charge is -2.30. The van der Waals surface area contributed by atoms with Gasteiger partial charge in [-0.05, 0) is 12.1 Å². The Kier molecular flexibility index (Phi) is 4.67. The zero-order valence-corrected chi connectivity index (χ0v) is 9.79. The third-order valence-corrected chi connectivity index (χ3v) is 2.12. The molecule has 0 fully saturated rings. The van der Waals surface area contributed by atoms with E-state index < -0.39 is 12.1 Å². The van der Waals surface area contributed by atoms with E-state index in [1.54, 1.807) is 30.3 Å². The van der Waals surface area contributed by atoms with Gasteiger partial charge in [0.25, 0.3) is 0 Å². The van der Waals surface area contributed by atoms with Gasteiger partial charge in [0.2, 0.25) is 6.29 Å². The second-order valence-corrected chi connectivity index (χ2v) is 3.31. The molecule has 0 aliphatic carbocycles. The first-order valence-corrected chi connectivity index (χ1v) is 5.09. The van der Waals surface area contributed by atoms with Gasteiger partial charge in [-0.3, -0.25) is 4.79 Å². The van der Waals surface area contributed by atoms with E-state index in [0.29, 0.717) is 5.69 Å². The van der Waals surface area contributed by atoms with Crippen molar-refractivity contribution in [1.82, 2.24) is 10.3 Å². The Balaban J connectivity index is 2.99. The molecule has 0 saturated carbocycles. The van der Waals surface area contributed by atoms with E-state index in [4.69, 9.17) is 5.73 Å². The fourth-order valence-electron chi connectivity index (χ4n) is 1.28. The number of nitrogens with one attached hydrogen (secondary N) is 1. The predicted octanol–water partition coefficient (Wildman–Crippen LogP) is 0.238. The van der Waals surface area contributed by atoms with E-state index in [9.17, 15) is 14.4 Å². The van der Waals surface area contributed by atoms with Crippen molar-refractivity contribution in [3.8, 4) is 0 Å². The van der Waals surface area contributed by atoms with Gasteiger partial charge in [-0.15, -0.1) is 0 Å². The van der Waals surface area contributed by atoms with E-state index >= 15 is 0 Å². The Labute approximate surface area is 104 Å². The monoisotopic (exact) mass is 249 g/mol. The molecule has 18 heavy (non-hydrogen) atoms. The molecule has 7 nitrogen and oxygen atoms in total. The fourth-order valence-corrected chi connectivity index (χ4v) is 1.28. The van der Waals surface area contributed by atoms with Gasteiger partial charge in [-0.1, -0.05) is 18.2 Å². The van der Waals surface area contributed by atoms with Crippen molar-refractivity contribution in [2.75, 3.05) is 18.6 Å². The average Bonchev–Trinajstić information content (AvgIpc) is 2.37. The van der Waals surface area contributed by atoms with Crippen LogP contribution in [0.25, 0.3) is 0 Å². The topological polar surface area (TPSA) is 95.7 Å². The second-order valence-electron chi connectivity index (χ2n) is 3.31. The van der Waals surface area contributed by atoms with Gasteiger partial charge in [0, 0.05) is 7.05 Å². The highest BCUT2D eigenvalue weighted by Gasteiger charge is 2.22. The van der Waals surface area contributed by atoms with Crippen LogP contribution >= 0.6 is 0 Å². The molecule has 7 heteroatoms. The van der Waals surface area contributed by atoms with Crippen molar-refractivity contribution in [3.05, 3.63) is 30.3 Å². The summed E-state index contributed by atoms with van der Waals surface area (Å²) < 4.78 is 0. The van der Waals surface area contributed by atoms with Crippen LogP contribution in [0.3, 0.4) is 0 Å². The highest BCUT2D eigenvalue weighted by atomic mass is 16.2. The molecular formula is C11H13N4O3. The van der Waals surface area contributed by atoms with Crippen LogP contribution < -0.4 is 16.1 Å². The molecule has 1 aromatic carbocycles. The zero-order chi connectivity index (χ0) is 13.5. The summed E-state index contributed by atoms with van der Waals surface area (Å²) in [5.41, 5.74) is 5.58. The van der Waals surface area contributed by atoms with E-state index in [1.165, 1.54) is 13.3 Å². The molecule has 0 aliphatic heterocycles. The minimum atomic E-state index is -0.802. The van der Waals surface area contributed by atoms with Crippen molar-refractivity contribution in [3.63, 3.8) is 0 Å². The number of nitrogens with two attached hydrogens (primary N) is 1. The lowest BCUT2D eigenvalue weighted by Crippen LogP contribution is -2.53. The third kappa shape index (κ3) is 3.21. The summed E-state index contributed by atoms with van der Waals surface area (Å²) in [6, 6.07) is 6.98. The number of hydrogen-bond donors (Lipinski definition) is 2. The molecule has 95 valence electrons. The maximum Gasteiger partial charge on any atom is 0.341 e. The molecule has 4 amide bonds. The molecule has 0 saturated heterocycles. The number of para-hydroxylation sites is 1. The van der Waals surface area contributed by atoms with Gasteiger partial charge in [0.05, 0.1) is 12.2 Å². The van der Waals surface area contributed by atoms with Crippen LogP contribution in [0.1, 0.15) is 0 Å². The number of urea groups is 2. The van der Waals surface area contributed by atoms with Crippen LogP contribution in [0, 0.1) is 0 Å². The number of primary amides is 1. The second kappa shape index (κ2) is 6.24. The third-order valence-electron chi connectivity index (χ3n) is 2.12. The quantitative estimate of drug-likeness (QED) is 0.751. The predicted molar refractivity (Wildman–Crippen MR) is 65.4 cm³/mol. The van der Waals surface area contributed by atoms with Gasteiger partial charge in [-0.2, -0.15) is 5.01 Å². The lowest BCUT2D eigenvalue weighted by atomic mass is 10.3. The molecule has 0 aliphatic rings. The highest BCUT2D eigenvalue weighted by Crippen LogP contribution is 2.14. The molecule has 0 aromatic heterocycles. The Morgan fingerprint density at radius 2 is 1.94 bits per heavy atom. The standard InChI is InChI=1S/C11H13N4O3/c1-14(10(12)17)15(11(18)13-7-8-16)9-5-3-2-4-6-9/h2-6H,7H2,1H3,(H2,12,17)(H,13,18). The Bertz CT molecular complexity index is 435. The van der Waals surface area contributed by atoms with Crippen LogP contribution in [0.2, 0.25) is 0 Å². The molecule has 1 aromatic rings. The van der Waals surface area contributed by atoms with Crippen LogP contribution in [-0.4, -0.2) is 36.9 Å². The first-order chi connectivity index (χ1) is 8.57. The van der Waals surface area contributed by atoms with E-state index in [1.807, 2.05) is 0 Å². The van der Waals surface area contributed by atoms with E-state index in [2.05, 4.69) is 5.32 Å². The van der Waals surface area contributed by atoms with Crippen molar-refractivity contribution < 1.29 is 14.4 Å². The summed E-state index contributed by atoms with van der Waals surface area (Å²) in [7, 11) is 1.35.